The van der Waals surface area contributed by atoms with Gasteiger partial charge in [-0.15, -0.1) is 0 Å². The molecule has 0 aromatic carbocycles. The summed E-state index contributed by atoms with van der Waals surface area (Å²) in [5.41, 5.74) is 5.94. The maximum absolute atomic E-state index is 10.6. The summed E-state index contributed by atoms with van der Waals surface area (Å²) < 4.78 is 5.42. The van der Waals surface area contributed by atoms with Gasteiger partial charge in [0.05, 0.1) is 6.10 Å². The number of guanidine groups is 1. The number of nitrogens with zero attached hydrogens (tertiary/aromatic N) is 1. The molecule has 3 fully saturated rings. The monoisotopic (exact) mass is 267 g/mol. The lowest BCUT2D eigenvalue weighted by atomic mass is 9.76. The SMILES string of the molecule is NC(=NCC1CCC2(CCOCC2)C1O)NC1CC1. The summed E-state index contributed by atoms with van der Waals surface area (Å²) in [4.78, 5) is 4.41. The molecule has 2 unspecified atom stereocenters. The van der Waals surface area contributed by atoms with E-state index in [0.29, 0.717) is 18.5 Å². The molecule has 0 amide bonds. The normalized spacial score (nSPS) is 34.7. The van der Waals surface area contributed by atoms with Gasteiger partial charge in [-0.3, -0.25) is 4.99 Å². The Bertz CT molecular complexity index is 349. The first-order chi connectivity index (χ1) is 9.20. The van der Waals surface area contributed by atoms with Crippen LogP contribution in [0.2, 0.25) is 0 Å². The minimum atomic E-state index is -0.242. The third-order valence-electron chi connectivity index (χ3n) is 5.00. The number of aliphatic hydroxyl groups is 1. The van der Waals surface area contributed by atoms with Crippen molar-refractivity contribution >= 4 is 5.96 Å². The van der Waals surface area contributed by atoms with Crippen molar-refractivity contribution in [3.63, 3.8) is 0 Å². The minimum absolute atomic E-state index is 0.0944. The smallest absolute Gasteiger partial charge is 0.188 e. The molecule has 5 nitrogen and oxygen atoms in total. The van der Waals surface area contributed by atoms with Gasteiger partial charge in [0.1, 0.15) is 0 Å². The van der Waals surface area contributed by atoms with Crippen LogP contribution in [0.25, 0.3) is 0 Å². The fourth-order valence-electron chi connectivity index (χ4n) is 3.49. The summed E-state index contributed by atoms with van der Waals surface area (Å²) in [7, 11) is 0. The average Bonchev–Trinajstić information content (AvgIpc) is 3.18. The fourth-order valence-corrected chi connectivity index (χ4v) is 3.49. The van der Waals surface area contributed by atoms with Crippen LogP contribution < -0.4 is 11.1 Å². The summed E-state index contributed by atoms with van der Waals surface area (Å²) >= 11 is 0. The summed E-state index contributed by atoms with van der Waals surface area (Å²) in [6, 6.07) is 0.541. The Balaban J connectivity index is 1.54. The van der Waals surface area contributed by atoms with Crippen molar-refractivity contribution in [3.8, 4) is 0 Å². The van der Waals surface area contributed by atoms with Crippen molar-refractivity contribution in [2.45, 2.75) is 50.7 Å². The molecule has 1 heterocycles. The van der Waals surface area contributed by atoms with Crippen LogP contribution in [0.4, 0.5) is 0 Å². The molecule has 0 aromatic heterocycles. The number of nitrogens with two attached hydrogens (primary N) is 1. The summed E-state index contributed by atoms with van der Waals surface area (Å²) in [5, 5.41) is 13.8. The van der Waals surface area contributed by atoms with E-state index < -0.39 is 0 Å². The topological polar surface area (TPSA) is 79.9 Å². The standard InChI is InChI=1S/C14H25N3O2/c15-13(17-11-1-2-11)16-9-10-3-4-14(12(10)18)5-7-19-8-6-14/h10-12,18H,1-9H2,(H3,15,16,17). The molecule has 108 valence electrons. The van der Waals surface area contributed by atoms with Gasteiger partial charge in [0.2, 0.25) is 0 Å². The van der Waals surface area contributed by atoms with Crippen molar-refractivity contribution in [2.24, 2.45) is 22.1 Å². The Labute approximate surface area is 114 Å². The quantitative estimate of drug-likeness (QED) is 0.517. The second kappa shape index (κ2) is 5.29. The molecule has 1 saturated heterocycles. The highest BCUT2D eigenvalue weighted by Gasteiger charge is 2.47. The van der Waals surface area contributed by atoms with Crippen molar-refractivity contribution in [2.75, 3.05) is 19.8 Å². The van der Waals surface area contributed by atoms with Gasteiger partial charge in [0, 0.05) is 37.1 Å². The van der Waals surface area contributed by atoms with Crippen LogP contribution in [0.5, 0.6) is 0 Å². The molecule has 3 rings (SSSR count). The highest BCUT2D eigenvalue weighted by molar-refractivity contribution is 5.78. The van der Waals surface area contributed by atoms with Gasteiger partial charge in [-0.1, -0.05) is 0 Å². The lowest BCUT2D eigenvalue weighted by Gasteiger charge is -2.37. The van der Waals surface area contributed by atoms with Crippen molar-refractivity contribution < 1.29 is 9.84 Å². The predicted octanol–water partition coefficient (Wildman–Crippen LogP) is 0.621. The largest absolute Gasteiger partial charge is 0.392 e. The zero-order chi connectivity index (χ0) is 13.3. The average molecular weight is 267 g/mol. The van der Waals surface area contributed by atoms with Crippen molar-refractivity contribution in [1.29, 1.82) is 0 Å². The molecule has 3 aliphatic rings. The van der Waals surface area contributed by atoms with E-state index in [1.54, 1.807) is 0 Å². The Morgan fingerprint density at radius 1 is 1.26 bits per heavy atom. The highest BCUT2D eigenvalue weighted by atomic mass is 16.5. The number of aliphatic hydroxyl groups excluding tert-OH is 1. The van der Waals surface area contributed by atoms with Crippen LogP contribution in [0.3, 0.4) is 0 Å². The van der Waals surface area contributed by atoms with Crippen LogP contribution in [-0.4, -0.2) is 43.0 Å². The zero-order valence-electron chi connectivity index (χ0n) is 11.5. The highest BCUT2D eigenvalue weighted by Crippen LogP contribution is 2.48. The first kappa shape index (κ1) is 13.2. The van der Waals surface area contributed by atoms with Crippen LogP contribution in [0.15, 0.2) is 4.99 Å². The molecule has 2 aliphatic carbocycles. The van der Waals surface area contributed by atoms with Gasteiger partial charge in [-0.25, -0.2) is 0 Å². The number of hydrogen-bond acceptors (Lipinski definition) is 3. The lowest BCUT2D eigenvalue weighted by Crippen LogP contribution is -2.39. The Kier molecular flexibility index (Phi) is 3.67. The van der Waals surface area contributed by atoms with E-state index in [0.717, 1.165) is 38.9 Å². The molecular formula is C14H25N3O2. The van der Waals surface area contributed by atoms with E-state index in [9.17, 15) is 5.11 Å². The van der Waals surface area contributed by atoms with E-state index in [4.69, 9.17) is 10.5 Å². The Morgan fingerprint density at radius 3 is 2.68 bits per heavy atom. The van der Waals surface area contributed by atoms with Crippen molar-refractivity contribution in [3.05, 3.63) is 0 Å². The van der Waals surface area contributed by atoms with Gasteiger partial charge in [-0.05, 0) is 38.5 Å². The summed E-state index contributed by atoms with van der Waals surface area (Å²) in [6.45, 7) is 2.23. The summed E-state index contributed by atoms with van der Waals surface area (Å²) in [5.74, 6) is 0.806. The number of aliphatic imine (C=N–C) groups is 1. The Hall–Kier alpha value is -0.810. The molecule has 0 bridgehead atoms. The third-order valence-corrected chi connectivity index (χ3v) is 5.00. The molecule has 0 radical (unpaired) electrons. The van der Waals surface area contributed by atoms with Crippen LogP contribution in [0.1, 0.15) is 38.5 Å². The zero-order valence-corrected chi connectivity index (χ0v) is 11.5. The van der Waals surface area contributed by atoms with E-state index >= 15 is 0 Å². The first-order valence-corrected chi connectivity index (χ1v) is 7.52. The second-order valence-corrected chi connectivity index (χ2v) is 6.36. The van der Waals surface area contributed by atoms with E-state index in [-0.39, 0.29) is 17.4 Å². The Morgan fingerprint density at radius 2 is 2.00 bits per heavy atom. The van der Waals surface area contributed by atoms with Gasteiger partial charge in [0.25, 0.3) is 0 Å². The van der Waals surface area contributed by atoms with E-state index in [2.05, 4.69) is 10.3 Å². The van der Waals surface area contributed by atoms with Gasteiger partial charge >= 0.3 is 0 Å². The van der Waals surface area contributed by atoms with Gasteiger partial charge < -0.3 is 20.9 Å². The summed E-state index contributed by atoms with van der Waals surface area (Å²) in [6.07, 6.45) is 6.30. The molecule has 2 atom stereocenters. The minimum Gasteiger partial charge on any atom is -0.392 e. The number of rotatable bonds is 3. The maximum Gasteiger partial charge on any atom is 0.188 e. The number of hydrogen-bond donors (Lipinski definition) is 3. The maximum atomic E-state index is 10.6. The fraction of sp³-hybridized carbons (Fsp3) is 0.929. The molecule has 2 saturated carbocycles. The molecular weight excluding hydrogens is 242 g/mol. The third kappa shape index (κ3) is 2.87. The van der Waals surface area contributed by atoms with E-state index in [1.165, 1.54) is 12.8 Å². The van der Waals surface area contributed by atoms with Gasteiger partial charge in [0.15, 0.2) is 5.96 Å². The number of nitrogens with one attached hydrogen (secondary N) is 1. The second-order valence-electron chi connectivity index (χ2n) is 6.36. The van der Waals surface area contributed by atoms with E-state index in [1.807, 2.05) is 0 Å². The first-order valence-electron chi connectivity index (χ1n) is 7.52. The van der Waals surface area contributed by atoms with Crippen LogP contribution in [-0.2, 0) is 4.74 Å². The molecule has 1 spiro atoms. The molecule has 1 aliphatic heterocycles. The van der Waals surface area contributed by atoms with Crippen molar-refractivity contribution in [1.82, 2.24) is 5.32 Å². The van der Waals surface area contributed by atoms with Crippen LogP contribution >= 0.6 is 0 Å². The molecule has 0 aromatic rings. The molecule has 19 heavy (non-hydrogen) atoms. The van der Waals surface area contributed by atoms with Crippen LogP contribution in [0, 0.1) is 11.3 Å². The lowest BCUT2D eigenvalue weighted by molar-refractivity contribution is -0.0548. The number of ether oxygens (including phenoxy) is 1. The van der Waals surface area contributed by atoms with Gasteiger partial charge in [-0.2, -0.15) is 0 Å². The molecule has 4 N–H and O–H groups in total. The molecule has 5 heteroatoms. The predicted molar refractivity (Wildman–Crippen MR) is 73.9 cm³/mol.